The SMILES string of the molecule is CC=C(C)C(=O)OC1C(OC(=O)C(C)=CC)C2(CO)C(O)CC3(C)C(=CCC4C5(C)CCC(O)C(C)(C)C5CCC43C)C2CC1(C)C. The van der Waals surface area contributed by atoms with Crippen LogP contribution in [0.1, 0.15) is 121 Å². The van der Waals surface area contributed by atoms with Gasteiger partial charge in [-0.05, 0) is 112 Å². The zero-order valence-corrected chi connectivity index (χ0v) is 30.9. The Kier molecular flexibility index (Phi) is 9.14. The highest BCUT2D eigenvalue weighted by atomic mass is 16.6. The summed E-state index contributed by atoms with van der Waals surface area (Å²) in [6.45, 7) is 22.4. The smallest absolute Gasteiger partial charge is 0.333 e. The fourth-order valence-corrected chi connectivity index (χ4v) is 11.9. The normalized spacial score (nSPS) is 45.7. The molecule has 0 aromatic heterocycles. The first-order valence-corrected chi connectivity index (χ1v) is 18.1. The number of ether oxygens (including phenoxy) is 2. The first kappa shape index (κ1) is 36.3. The molecule has 0 aromatic carbocycles. The molecule has 7 heteroatoms. The van der Waals surface area contributed by atoms with Crippen molar-refractivity contribution in [2.24, 2.45) is 50.2 Å². The Morgan fingerprint density at radius 1 is 0.830 bits per heavy atom. The van der Waals surface area contributed by atoms with Crippen molar-refractivity contribution in [3.63, 3.8) is 0 Å². The Bertz CT molecular complexity index is 1370. The fraction of sp³-hybridized carbons (Fsp3) is 0.800. The largest absolute Gasteiger partial charge is 0.454 e. The van der Waals surface area contributed by atoms with Crippen molar-refractivity contribution in [1.82, 2.24) is 0 Å². The number of hydrogen-bond donors (Lipinski definition) is 3. The van der Waals surface area contributed by atoms with Crippen LogP contribution in [0.5, 0.6) is 0 Å². The Hall–Kier alpha value is -1.96. The average Bonchev–Trinajstić information content (AvgIpc) is 3.00. The van der Waals surface area contributed by atoms with E-state index in [9.17, 15) is 24.9 Å². The molecule has 4 saturated carbocycles. The lowest BCUT2D eigenvalue weighted by atomic mass is 9.33. The summed E-state index contributed by atoms with van der Waals surface area (Å²) in [5.74, 6) is -0.532. The van der Waals surface area contributed by atoms with E-state index in [1.54, 1.807) is 39.8 Å². The molecule has 3 N–H and O–H groups in total. The third-order valence-electron chi connectivity index (χ3n) is 15.3. The van der Waals surface area contributed by atoms with Crippen LogP contribution in [0.4, 0.5) is 0 Å². The molecule has 5 aliphatic carbocycles. The van der Waals surface area contributed by atoms with Gasteiger partial charge >= 0.3 is 11.9 Å². The fourth-order valence-electron chi connectivity index (χ4n) is 11.9. The van der Waals surface area contributed by atoms with Gasteiger partial charge in [0.25, 0.3) is 0 Å². The quantitative estimate of drug-likeness (QED) is 0.165. The van der Waals surface area contributed by atoms with E-state index in [1.807, 2.05) is 0 Å². The van der Waals surface area contributed by atoms with Gasteiger partial charge in [-0.1, -0.05) is 72.3 Å². The van der Waals surface area contributed by atoms with Gasteiger partial charge in [0.05, 0.1) is 24.2 Å². The minimum Gasteiger partial charge on any atom is -0.454 e. The highest BCUT2D eigenvalue weighted by Crippen LogP contribution is 2.76. The van der Waals surface area contributed by atoms with Gasteiger partial charge in [-0.2, -0.15) is 0 Å². The summed E-state index contributed by atoms with van der Waals surface area (Å²) in [5.41, 5.74) is -0.357. The van der Waals surface area contributed by atoms with Crippen LogP contribution in [-0.4, -0.2) is 58.3 Å². The molecular weight excluding hydrogens is 592 g/mol. The standard InChI is InChI=1S/C40H62O7/c1-12-23(3)33(44)46-31-32(47-34(45)24(4)13-2)40(22-41)26(20-35(31,5)6)25-14-15-28-37(9)18-17-29(42)36(7,8)27(37)16-19-38(28,10)39(25,11)21-30(40)43/h12-14,26-32,41-43H,15-22H2,1-11H3. The second kappa shape index (κ2) is 11.8. The van der Waals surface area contributed by atoms with E-state index < -0.39 is 47.7 Å². The lowest BCUT2D eigenvalue weighted by molar-refractivity contribution is -0.265. The minimum atomic E-state index is -1.25. The maximum atomic E-state index is 13.5. The Morgan fingerprint density at radius 3 is 1.96 bits per heavy atom. The maximum Gasteiger partial charge on any atom is 0.333 e. The molecule has 47 heavy (non-hydrogen) atoms. The van der Waals surface area contributed by atoms with Gasteiger partial charge in [-0.15, -0.1) is 0 Å². The predicted octanol–water partition coefficient (Wildman–Crippen LogP) is 7.09. The monoisotopic (exact) mass is 654 g/mol. The number of rotatable bonds is 5. The van der Waals surface area contributed by atoms with Crippen molar-refractivity contribution in [3.05, 3.63) is 34.9 Å². The van der Waals surface area contributed by atoms with Crippen LogP contribution in [0.3, 0.4) is 0 Å². The molecule has 4 fully saturated rings. The molecule has 0 saturated heterocycles. The van der Waals surface area contributed by atoms with Crippen molar-refractivity contribution in [3.8, 4) is 0 Å². The Labute approximate surface area is 283 Å². The van der Waals surface area contributed by atoms with Crippen LogP contribution < -0.4 is 0 Å². The van der Waals surface area contributed by atoms with E-state index in [2.05, 4.69) is 54.5 Å². The third-order valence-corrected chi connectivity index (χ3v) is 15.3. The lowest BCUT2D eigenvalue weighted by Crippen LogP contribution is -2.72. The number of allylic oxidation sites excluding steroid dienone is 4. The van der Waals surface area contributed by atoms with Crippen LogP contribution >= 0.6 is 0 Å². The molecular formula is C40H62O7. The average molecular weight is 655 g/mol. The van der Waals surface area contributed by atoms with Crippen molar-refractivity contribution in [2.45, 2.75) is 146 Å². The summed E-state index contributed by atoms with van der Waals surface area (Å²) < 4.78 is 12.5. The molecule has 0 radical (unpaired) electrons. The molecule has 5 aliphatic rings. The number of fused-ring (bicyclic) bond motifs is 7. The van der Waals surface area contributed by atoms with Crippen LogP contribution in [0.25, 0.3) is 0 Å². The molecule has 0 amide bonds. The Balaban J connectivity index is 1.65. The van der Waals surface area contributed by atoms with E-state index >= 15 is 0 Å². The molecule has 264 valence electrons. The molecule has 11 atom stereocenters. The van der Waals surface area contributed by atoms with E-state index in [0.717, 1.165) is 32.1 Å². The molecule has 7 nitrogen and oxygen atoms in total. The second-order valence-electron chi connectivity index (χ2n) is 18.0. The lowest BCUT2D eigenvalue weighted by Gasteiger charge is -2.72. The molecule has 0 heterocycles. The summed E-state index contributed by atoms with van der Waals surface area (Å²) in [4.78, 5) is 26.8. The number of hydrogen-bond acceptors (Lipinski definition) is 7. The summed E-state index contributed by atoms with van der Waals surface area (Å²) in [6, 6.07) is 0. The van der Waals surface area contributed by atoms with Gasteiger partial charge in [-0.25, -0.2) is 9.59 Å². The third kappa shape index (κ3) is 4.98. The number of carbonyl (C=O) groups is 2. The Morgan fingerprint density at radius 2 is 1.40 bits per heavy atom. The minimum absolute atomic E-state index is 0.0507. The number of aliphatic hydroxyl groups excluding tert-OH is 3. The number of carbonyl (C=O) groups excluding carboxylic acids is 2. The van der Waals surface area contributed by atoms with Crippen LogP contribution in [0.2, 0.25) is 0 Å². The highest BCUT2D eigenvalue weighted by Gasteiger charge is 2.73. The van der Waals surface area contributed by atoms with E-state index in [0.29, 0.717) is 35.8 Å². The second-order valence-corrected chi connectivity index (χ2v) is 18.0. The van der Waals surface area contributed by atoms with Gasteiger partial charge in [0, 0.05) is 16.6 Å². The highest BCUT2D eigenvalue weighted by molar-refractivity contribution is 5.88. The maximum absolute atomic E-state index is 13.5. The first-order chi connectivity index (χ1) is 21.7. The van der Waals surface area contributed by atoms with E-state index in [4.69, 9.17) is 9.47 Å². The first-order valence-electron chi connectivity index (χ1n) is 18.1. The number of aliphatic hydroxyl groups is 3. The van der Waals surface area contributed by atoms with Gasteiger partial charge in [0.2, 0.25) is 0 Å². The topological polar surface area (TPSA) is 113 Å². The van der Waals surface area contributed by atoms with Gasteiger partial charge in [0.15, 0.2) is 6.10 Å². The molecule has 0 bridgehead atoms. The predicted molar refractivity (Wildman–Crippen MR) is 183 cm³/mol. The van der Waals surface area contributed by atoms with Gasteiger partial charge in [-0.3, -0.25) is 0 Å². The van der Waals surface area contributed by atoms with Crippen molar-refractivity contribution >= 4 is 11.9 Å². The summed E-state index contributed by atoms with van der Waals surface area (Å²) >= 11 is 0. The zero-order valence-electron chi connectivity index (χ0n) is 30.9. The summed E-state index contributed by atoms with van der Waals surface area (Å²) in [6.07, 6.45) is 8.26. The molecule has 0 aliphatic heterocycles. The van der Waals surface area contributed by atoms with Crippen LogP contribution in [0.15, 0.2) is 34.9 Å². The van der Waals surface area contributed by atoms with Crippen molar-refractivity contribution in [2.75, 3.05) is 6.61 Å². The number of esters is 2. The van der Waals surface area contributed by atoms with Crippen molar-refractivity contribution in [1.29, 1.82) is 0 Å². The molecule has 5 rings (SSSR count). The van der Waals surface area contributed by atoms with Crippen LogP contribution in [0, 0.1) is 50.2 Å². The molecule has 0 spiro atoms. The van der Waals surface area contributed by atoms with Gasteiger partial charge < -0.3 is 24.8 Å². The summed E-state index contributed by atoms with van der Waals surface area (Å²) in [7, 11) is 0. The molecule has 0 aromatic rings. The zero-order chi connectivity index (χ0) is 35.1. The van der Waals surface area contributed by atoms with Gasteiger partial charge in [0.1, 0.15) is 6.10 Å². The molecule has 11 unspecified atom stereocenters. The van der Waals surface area contributed by atoms with Crippen LogP contribution in [-0.2, 0) is 19.1 Å². The summed E-state index contributed by atoms with van der Waals surface area (Å²) in [5, 5.41) is 35.1. The van der Waals surface area contributed by atoms with E-state index in [1.165, 1.54) is 5.57 Å². The van der Waals surface area contributed by atoms with E-state index in [-0.39, 0.29) is 33.7 Å². The van der Waals surface area contributed by atoms with Crippen molar-refractivity contribution < 1.29 is 34.4 Å².